The van der Waals surface area contributed by atoms with Crippen LogP contribution in [0.2, 0.25) is 0 Å². The summed E-state index contributed by atoms with van der Waals surface area (Å²) >= 11 is 5.57. The van der Waals surface area contributed by atoms with Crippen molar-refractivity contribution < 1.29 is 4.92 Å². The van der Waals surface area contributed by atoms with Crippen molar-refractivity contribution in [3.8, 4) is 11.3 Å². The molecule has 1 aromatic heterocycles. The minimum atomic E-state index is -0.558. The van der Waals surface area contributed by atoms with Gasteiger partial charge in [-0.05, 0) is 12.1 Å². The molecule has 8 nitrogen and oxygen atoms in total. The largest absolute Gasteiger partial charge is 0.386 e. The third-order valence-corrected chi connectivity index (χ3v) is 3.82. The van der Waals surface area contributed by atoms with Gasteiger partial charge in [0.1, 0.15) is 11.5 Å². The minimum Gasteiger partial charge on any atom is -0.386 e. The zero-order valence-corrected chi connectivity index (χ0v) is 13.5. The number of aromatic nitrogens is 2. The van der Waals surface area contributed by atoms with Gasteiger partial charge < -0.3 is 5.73 Å². The summed E-state index contributed by atoms with van der Waals surface area (Å²) in [5.41, 5.74) is 6.00. The van der Waals surface area contributed by atoms with Gasteiger partial charge in [-0.1, -0.05) is 24.3 Å². The fourth-order valence-corrected chi connectivity index (χ4v) is 2.49. The van der Waals surface area contributed by atoms with Crippen LogP contribution in [0.15, 0.2) is 52.3 Å². The number of aromatic amines is 1. The van der Waals surface area contributed by atoms with Crippen LogP contribution in [0.4, 0.5) is 11.4 Å². The van der Waals surface area contributed by atoms with E-state index in [9.17, 15) is 14.9 Å². The van der Waals surface area contributed by atoms with Crippen molar-refractivity contribution >= 4 is 39.6 Å². The highest BCUT2D eigenvalue weighted by atomic mass is 35.5. The summed E-state index contributed by atoms with van der Waals surface area (Å²) in [6.07, 6.45) is 0. The second kappa shape index (κ2) is 6.70. The van der Waals surface area contributed by atoms with Crippen molar-refractivity contribution in [2.24, 2.45) is 10.7 Å². The lowest BCUT2D eigenvalue weighted by Gasteiger charge is -2.06. The second-order valence-electron chi connectivity index (χ2n) is 5.14. The highest BCUT2D eigenvalue weighted by Crippen LogP contribution is 2.33. The Bertz CT molecular complexity index is 1060. The topological polar surface area (TPSA) is 127 Å². The summed E-state index contributed by atoms with van der Waals surface area (Å²) in [4.78, 5) is 26.6. The first-order valence-electron chi connectivity index (χ1n) is 7.16. The molecule has 0 atom stereocenters. The first kappa shape index (κ1) is 16.6. The van der Waals surface area contributed by atoms with Crippen LogP contribution in [0.5, 0.6) is 0 Å². The van der Waals surface area contributed by atoms with Crippen molar-refractivity contribution in [1.29, 1.82) is 0 Å². The molecule has 0 spiro atoms. The molecule has 0 saturated heterocycles. The number of nitro benzene ring substituents is 1. The van der Waals surface area contributed by atoms with Crippen LogP contribution < -0.4 is 11.3 Å². The van der Waals surface area contributed by atoms with E-state index in [1.54, 1.807) is 30.3 Å². The maximum Gasteiger partial charge on any atom is 0.295 e. The number of amidine groups is 1. The van der Waals surface area contributed by atoms with E-state index in [2.05, 4.69) is 15.2 Å². The fraction of sp³-hybridized carbons (Fsp3) is 0.0625. The van der Waals surface area contributed by atoms with Crippen LogP contribution in [0.1, 0.15) is 0 Å². The van der Waals surface area contributed by atoms with Gasteiger partial charge in [0.05, 0.1) is 21.9 Å². The Labute approximate surface area is 146 Å². The van der Waals surface area contributed by atoms with E-state index < -0.39 is 4.92 Å². The molecule has 0 radical (unpaired) electrons. The van der Waals surface area contributed by atoms with Gasteiger partial charge >= 0.3 is 0 Å². The number of nitrogens with one attached hydrogen (secondary N) is 1. The van der Waals surface area contributed by atoms with Gasteiger partial charge in [0.15, 0.2) is 0 Å². The molecule has 0 bridgehead atoms. The number of nitrogens with zero attached hydrogens (tertiary/aromatic N) is 3. The maximum absolute atomic E-state index is 11.9. The number of alkyl halides is 1. The number of hydrogen-bond donors (Lipinski definition) is 2. The molecule has 0 fully saturated rings. The molecule has 3 N–H and O–H groups in total. The first-order chi connectivity index (χ1) is 12.0. The van der Waals surface area contributed by atoms with Crippen molar-refractivity contribution in [3.63, 3.8) is 0 Å². The van der Waals surface area contributed by atoms with Gasteiger partial charge in [-0.2, -0.15) is 5.10 Å². The SMILES string of the molecule is NC(CCl)=Nc1ccc(-c2n[nH]c(=O)c3ccccc23)cc1[N+](=O)[O-]. The predicted molar refractivity (Wildman–Crippen MR) is 96.5 cm³/mol. The lowest BCUT2D eigenvalue weighted by Crippen LogP contribution is -2.12. The highest BCUT2D eigenvalue weighted by Gasteiger charge is 2.17. The number of fused-ring (bicyclic) bond motifs is 1. The highest BCUT2D eigenvalue weighted by molar-refractivity contribution is 6.28. The average Bonchev–Trinajstić information content (AvgIpc) is 2.62. The first-order valence-corrected chi connectivity index (χ1v) is 7.70. The van der Waals surface area contributed by atoms with E-state index in [1.165, 1.54) is 12.1 Å². The summed E-state index contributed by atoms with van der Waals surface area (Å²) in [5.74, 6) is 0.0375. The second-order valence-corrected chi connectivity index (χ2v) is 5.41. The number of hydrogen-bond acceptors (Lipinski definition) is 5. The van der Waals surface area contributed by atoms with E-state index >= 15 is 0 Å². The summed E-state index contributed by atoms with van der Waals surface area (Å²) in [5, 5.41) is 18.9. The third kappa shape index (κ3) is 3.20. The molecule has 3 aromatic rings. The zero-order chi connectivity index (χ0) is 18.0. The van der Waals surface area contributed by atoms with Gasteiger partial charge in [-0.25, -0.2) is 10.1 Å². The van der Waals surface area contributed by atoms with Crippen molar-refractivity contribution in [3.05, 3.63) is 62.9 Å². The molecule has 0 saturated carbocycles. The summed E-state index contributed by atoms with van der Waals surface area (Å²) in [7, 11) is 0. The van der Waals surface area contributed by atoms with E-state index in [0.29, 0.717) is 22.0 Å². The van der Waals surface area contributed by atoms with Crippen molar-refractivity contribution in [1.82, 2.24) is 10.2 Å². The van der Waals surface area contributed by atoms with E-state index in [-0.39, 0.29) is 28.6 Å². The molecule has 0 aliphatic carbocycles. The molecule has 0 aliphatic rings. The minimum absolute atomic E-state index is 0.0367. The number of aliphatic imine (C=N–C) groups is 1. The number of rotatable bonds is 4. The van der Waals surface area contributed by atoms with Crippen molar-refractivity contribution in [2.45, 2.75) is 0 Å². The molecule has 2 aromatic carbocycles. The quantitative estimate of drug-likeness (QED) is 0.244. The lowest BCUT2D eigenvalue weighted by molar-refractivity contribution is -0.384. The summed E-state index contributed by atoms with van der Waals surface area (Å²) in [6, 6.07) is 11.3. The Balaban J connectivity index is 2.23. The number of nitro groups is 1. The van der Waals surface area contributed by atoms with E-state index in [4.69, 9.17) is 17.3 Å². The van der Waals surface area contributed by atoms with Crippen LogP contribution in [-0.4, -0.2) is 26.8 Å². The molecule has 3 rings (SSSR count). The Kier molecular flexibility index (Phi) is 4.44. The number of halogens is 1. The fourth-order valence-electron chi connectivity index (χ4n) is 2.43. The van der Waals surface area contributed by atoms with Crippen LogP contribution >= 0.6 is 11.6 Å². The van der Waals surface area contributed by atoms with Gasteiger partial charge in [0.2, 0.25) is 0 Å². The van der Waals surface area contributed by atoms with Crippen LogP contribution in [0, 0.1) is 10.1 Å². The standard InChI is InChI=1S/C16H12ClN5O3/c17-8-14(18)19-12-6-5-9(7-13(12)22(24)25)15-10-3-1-2-4-11(10)16(23)21-20-15/h1-7H,8H2,(H2,18,19)(H,21,23). The molecule has 9 heteroatoms. The van der Waals surface area contributed by atoms with Crippen LogP contribution in [0.3, 0.4) is 0 Å². The number of nitrogens with two attached hydrogens (primary N) is 1. The normalized spacial score (nSPS) is 11.6. The number of H-pyrrole nitrogens is 1. The van der Waals surface area contributed by atoms with Gasteiger partial charge in [-0.3, -0.25) is 14.9 Å². The summed E-state index contributed by atoms with van der Waals surface area (Å²) in [6.45, 7) is 0. The molecular formula is C16H12ClN5O3. The van der Waals surface area contributed by atoms with E-state index in [1.807, 2.05) is 0 Å². The molecule has 0 amide bonds. The Morgan fingerprint density at radius 2 is 2.00 bits per heavy atom. The molecule has 25 heavy (non-hydrogen) atoms. The van der Waals surface area contributed by atoms with Gasteiger partial charge in [0, 0.05) is 17.0 Å². The molecule has 0 aliphatic heterocycles. The molecular weight excluding hydrogens is 346 g/mol. The van der Waals surface area contributed by atoms with Gasteiger partial charge in [-0.15, -0.1) is 11.6 Å². The van der Waals surface area contributed by atoms with E-state index in [0.717, 1.165) is 0 Å². The third-order valence-electron chi connectivity index (χ3n) is 3.54. The van der Waals surface area contributed by atoms with Crippen LogP contribution in [-0.2, 0) is 0 Å². The summed E-state index contributed by atoms with van der Waals surface area (Å²) < 4.78 is 0. The van der Waals surface area contributed by atoms with Crippen molar-refractivity contribution in [2.75, 3.05) is 5.88 Å². The molecule has 126 valence electrons. The predicted octanol–water partition coefficient (Wildman–Crippen LogP) is 2.73. The molecule has 0 unspecified atom stereocenters. The van der Waals surface area contributed by atoms with Gasteiger partial charge in [0.25, 0.3) is 11.2 Å². The monoisotopic (exact) mass is 357 g/mol. The Hall–Kier alpha value is -3.26. The average molecular weight is 358 g/mol. The maximum atomic E-state index is 11.9. The van der Waals surface area contributed by atoms with Crippen LogP contribution in [0.25, 0.3) is 22.0 Å². The lowest BCUT2D eigenvalue weighted by atomic mass is 10.0. The zero-order valence-electron chi connectivity index (χ0n) is 12.8. The Morgan fingerprint density at radius 1 is 1.28 bits per heavy atom. The number of benzene rings is 2. The molecule has 1 heterocycles. The Morgan fingerprint density at radius 3 is 2.68 bits per heavy atom. The smallest absolute Gasteiger partial charge is 0.295 e.